The summed E-state index contributed by atoms with van der Waals surface area (Å²) in [4.78, 5) is 30.9. The molecule has 1 aliphatic rings. The summed E-state index contributed by atoms with van der Waals surface area (Å²) < 4.78 is 5.48. The Balaban J connectivity index is 1.53. The highest BCUT2D eigenvalue weighted by molar-refractivity contribution is 5.88. The third-order valence-corrected chi connectivity index (χ3v) is 4.93. The molecule has 2 N–H and O–H groups in total. The quantitative estimate of drug-likeness (QED) is 0.672. The average molecular weight is 396 g/mol. The van der Waals surface area contributed by atoms with Gasteiger partial charge in [0.15, 0.2) is 0 Å². The first-order valence-electron chi connectivity index (χ1n) is 10.0. The van der Waals surface area contributed by atoms with Gasteiger partial charge in [0, 0.05) is 38.6 Å². The maximum absolute atomic E-state index is 12.4. The summed E-state index contributed by atoms with van der Waals surface area (Å²) in [6, 6.07) is 11.3. The lowest BCUT2D eigenvalue weighted by Crippen LogP contribution is -2.56. The molecule has 1 unspecified atom stereocenters. The van der Waals surface area contributed by atoms with E-state index in [2.05, 4.69) is 20.5 Å². The number of hydrogen-bond acceptors (Lipinski definition) is 5. The van der Waals surface area contributed by atoms with Gasteiger partial charge in [-0.2, -0.15) is 0 Å². The second kappa shape index (κ2) is 10.6. The van der Waals surface area contributed by atoms with Gasteiger partial charge in [-0.3, -0.25) is 19.5 Å². The molecule has 7 nitrogen and oxygen atoms in total. The van der Waals surface area contributed by atoms with Gasteiger partial charge in [-0.25, -0.2) is 0 Å². The third-order valence-electron chi connectivity index (χ3n) is 4.93. The van der Waals surface area contributed by atoms with Crippen LogP contribution in [0.2, 0.25) is 0 Å². The molecule has 1 fully saturated rings. The minimum atomic E-state index is -0.462. The summed E-state index contributed by atoms with van der Waals surface area (Å²) in [7, 11) is 0. The molecule has 0 radical (unpaired) electrons. The second-order valence-corrected chi connectivity index (χ2v) is 7.01. The van der Waals surface area contributed by atoms with Gasteiger partial charge in [-0.15, -0.1) is 0 Å². The third kappa shape index (κ3) is 6.29. The number of nitrogens with one attached hydrogen (secondary N) is 2. The summed E-state index contributed by atoms with van der Waals surface area (Å²) in [5.74, 6) is 0.627. The van der Waals surface area contributed by atoms with Crippen LogP contribution < -0.4 is 15.4 Å². The molecule has 29 heavy (non-hydrogen) atoms. The molecule has 2 heterocycles. The Labute approximate surface area is 171 Å². The van der Waals surface area contributed by atoms with Gasteiger partial charge in [0.1, 0.15) is 5.75 Å². The van der Waals surface area contributed by atoms with Crippen molar-refractivity contribution in [1.29, 1.82) is 0 Å². The van der Waals surface area contributed by atoms with Crippen LogP contribution in [0.4, 0.5) is 0 Å². The number of carbonyl (C=O) groups excluding carboxylic acids is 2. The first-order valence-corrected chi connectivity index (χ1v) is 10.0. The number of ether oxygens (including phenoxy) is 1. The average Bonchev–Trinajstić information content (AvgIpc) is 2.73. The van der Waals surface area contributed by atoms with E-state index in [9.17, 15) is 9.59 Å². The molecule has 0 saturated carbocycles. The molecule has 1 atom stereocenters. The van der Waals surface area contributed by atoms with Crippen molar-refractivity contribution in [2.45, 2.75) is 32.4 Å². The highest BCUT2D eigenvalue weighted by Gasteiger charge is 2.31. The van der Waals surface area contributed by atoms with Crippen molar-refractivity contribution >= 4 is 11.8 Å². The van der Waals surface area contributed by atoms with Gasteiger partial charge in [0.05, 0.1) is 19.1 Å². The summed E-state index contributed by atoms with van der Waals surface area (Å²) in [5, 5.41) is 5.80. The Bertz CT molecular complexity index is 795. The van der Waals surface area contributed by atoms with Crippen LogP contribution in [0.5, 0.6) is 5.75 Å². The SMILES string of the molecule is CCOc1ccc(CN2CCNC(=O)C2CC(=O)NCCc2ccncc2)cc1. The Morgan fingerprint density at radius 3 is 2.69 bits per heavy atom. The van der Waals surface area contributed by atoms with Crippen LogP contribution in [0.25, 0.3) is 0 Å². The Morgan fingerprint density at radius 2 is 1.97 bits per heavy atom. The lowest BCUT2D eigenvalue weighted by atomic mass is 10.1. The van der Waals surface area contributed by atoms with Gasteiger partial charge in [-0.1, -0.05) is 12.1 Å². The number of carbonyl (C=O) groups is 2. The zero-order chi connectivity index (χ0) is 20.5. The predicted molar refractivity (Wildman–Crippen MR) is 110 cm³/mol. The van der Waals surface area contributed by atoms with Crippen LogP contribution >= 0.6 is 0 Å². The van der Waals surface area contributed by atoms with E-state index in [0.717, 1.165) is 23.3 Å². The molecule has 0 aliphatic carbocycles. The number of aromatic nitrogens is 1. The number of piperazine rings is 1. The van der Waals surface area contributed by atoms with Crippen LogP contribution in [0, 0.1) is 0 Å². The fraction of sp³-hybridized carbons (Fsp3) is 0.409. The molecule has 154 valence electrons. The molecular weight excluding hydrogens is 368 g/mol. The van der Waals surface area contributed by atoms with E-state index in [4.69, 9.17) is 4.74 Å². The van der Waals surface area contributed by atoms with Crippen LogP contribution in [-0.2, 0) is 22.6 Å². The number of nitrogens with zero attached hydrogens (tertiary/aromatic N) is 2. The number of rotatable bonds is 9. The van der Waals surface area contributed by atoms with Crippen LogP contribution in [0.3, 0.4) is 0 Å². The van der Waals surface area contributed by atoms with Crippen LogP contribution in [0.15, 0.2) is 48.8 Å². The van der Waals surface area contributed by atoms with E-state index >= 15 is 0 Å². The van der Waals surface area contributed by atoms with Crippen molar-refractivity contribution < 1.29 is 14.3 Å². The van der Waals surface area contributed by atoms with Crippen molar-refractivity contribution in [3.63, 3.8) is 0 Å². The smallest absolute Gasteiger partial charge is 0.237 e. The largest absolute Gasteiger partial charge is 0.494 e. The Morgan fingerprint density at radius 1 is 1.21 bits per heavy atom. The van der Waals surface area contributed by atoms with Gasteiger partial charge in [0.25, 0.3) is 0 Å². The molecule has 1 saturated heterocycles. The summed E-state index contributed by atoms with van der Waals surface area (Å²) in [6.07, 6.45) is 4.37. The summed E-state index contributed by atoms with van der Waals surface area (Å²) in [5.41, 5.74) is 2.21. The van der Waals surface area contributed by atoms with Gasteiger partial charge in [-0.05, 0) is 48.7 Å². The van der Waals surface area contributed by atoms with Gasteiger partial charge >= 0.3 is 0 Å². The summed E-state index contributed by atoms with van der Waals surface area (Å²) >= 11 is 0. The van der Waals surface area contributed by atoms with E-state index in [-0.39, 0.29) is 18.2 Å². The first-order chi connectivity index (χ1) is 14.2. The molecule has 1 aliphatic heterocycles. The standard InChI is InChI=1S/C22H28N4O3/c1-2-29-19-5-3-18(4-6-19)16-26-14-13-25-22(28)20(26)15-21(27)24-12-9-17-7-10-23-11-8-17/h3-8,10-11,20H,2,9,12-16H2,1H3,(H,24,27)(H,25,28). The second-order valence-electron chi connectivity index (χ2n) is 7.01. The lowest BCUT2D eigenvalue weighted by Gasteiger charge is -2.34. The van der Waals surface area contributed by atoms with Crippen molar-refractivity contribution in [3.05, 3.63) is 59.9 Å². The van der Waals surface area contributed by atoms with Crippen LogP contribution in [-0.4, -0.2) is 54.0 Å². The van der Waals surface area contributed by atoms with E-state index in [1.807, 2.05) is 43.3 Å². The van der Waals surface area contributed by atoms with E-state index in [1.54, 1.807) is 12.4 Å². The molecule has 2 aromatic rings. The molecule has 2 amide bonds. The Kier molecular flexibility index (Phi) is 7.58. The normalized spacial score (nSPS) is 16.9. The lowest BCUT2D eigenvalue weighted by molar-refractivity contribution is -0.134. The van der Waals surface area contributed by atoms with Gasteiger partial charge < -0.3 is 15.4 Å². The first kappa shape index (κ1) is 20.8. The zero-order valence-corrected chi connectivity index (χ0v) is 16.8. The van der Waals surface area contributed by atoms with E-state index in [1.165, 1.54) is 0 Å². The molecule has 0 spiro atoms. The van der Waals surface area contributed by atoms with Gasteiger partial charge in [0.2, 0.25) is 11.8 Å². The molecule has 3 rings (SSSR count). The minimum absolute atomic E-state index is 0.0912. The maximum atomic E-state index is 12.4. The number of pyridine rings is 1. The van der Waals surface area contributed by atoms with Crippen molar-refractivity contribution in [2.24, 2.45) is 0 Å². The summed E-state index contributed by atoms with van der Waals surface area (Å²) in [6.45, 7) is 5.05. The fourth-order valence-electron chi connectivity index (χ4n) is 3.41. The molecular formula is C22H28N4O3. The van der Waals surface area contributed by atoms with Crippen molar-refractivity contribution in [3.8, 4) is 5.75 Å². The Hall–Kier alpha value is -2.93. The molecule has 7 heteroatoms. The van der Waals surface area contributed by atoms with Crippen molar-refractivity contribution in [2.75, 3.05) is 26.2 Å². The molecule has 1 aromatic carbocycles. The van der Waals surface area contributed by atoms with E-state index in [0.29, 0.717) is 32.8 Å². The minimum Gasteiger partial charge on any atom is -0.494 e. The van der Waals surface area contributed by atoms with Crippen molar-refractivity contribution in [1.82, 2.24) is 20.5 Å². The zero-order valence-electron chi connectivity index (χ0n) is 16.8. The topological polar surface area (TPSA) is 83.6 Å². The highest BCUT2D eigenvalue weighted by Crippen LogP contribution is 2.17. The predicted octanol–water partition coefficient (Wildman–Crippen LogP) is 1.53. The number of hydrogen-bond donors (Lipinski definition) is 2. The molecule has 1 aromatic heterocycles. The van der Waals surface area contributed by atoms with E-state index < -0.39 is 6.04 Å². The molecule has 0 bridgehead atoms. The highest BCUT2D eigenvalue weighted by atomic mass is 16.5. The van der Waals surface area contributed by atoms with Crippen LogP contribution in [0.1, 0.15) is 24.5 Å². The monoisotopic (exact) mass is 396 g/mol. The number of benzene rings is 1. The fourth-order valence-corrected chi connectivity index (χ4v) is 3.41. The number of amides is 2. The maximum Gasteiger partial charge on any atom is 0.237 e.